The van der Waals surface area contributed by atoms with E-state index in [0.717, 1.165) is 45.3 Å². The summed E-state index contributed by atoms with van der Waals surface area (Å²) in [5, 5.41) is 13.6. The maximum Gasteiger partial charge on any atom is 0.152 e. The molecule has 0 amide bonds. The van der Waals surface area contributed by atoms with Gasteiger partial charge >= 0.3 is 0 Å². The number of rotatable bonds is 4. The highest BCUT2D eigenvalue weighted by atomic mass is 16.3. The molecule has 146 valence electrons. The smallest absolute Gasteiger partial charge is 0.152 e. The van der Waals surface area contributed by atoms with E-state index in [2.05, 4.69) is 27.9 Å². The molecular formula is C24H19N5O. The van der Waals surface area contributed by atoms with Crippen LogP contribution in [0.4, 0.5) is 0 Å². The van der Waals surface area contributed by atoms with Gasteiger partial charge in [0.15, 0.2) is 5.76 Å². The average molecular weight is 393 g/mol. The summed E-state index contributed by atoms with van der Waals surface area (Å²) >= 11 is 0. The van der Waals surface area contributed by atoms with Crippen molar-refractivity contribution in [2.75, 3.05) is 0 Å². The maximum atomic E-state index is 8.98. The van der Waals surface area contributed by atoms with Crippen LogP contribution in [-0.4, -0.2) is 19.3 Å². The van der Waals surface area contributed by atoms with Gasteiger partial charge < -0.3 is 8.98 Å². The molecule has 6 nitrogen and oxygen atoms in total. The fraction of sp³-hybridized carbons (Fsp3) is 0.125. The first-order valence-corrected chi connectivity index (χ1v) is 9.68. The molecule has 0 aliphatic carbocycles. The van der Waals surface area contributed by atoms with Crippen LogP contribution in [0.1, 0.15) is 22.6 Å². The lowest BCUT2D eigenvalue weighted by Crippen LogP contribution is -1.99. The summed E-state index contributed by atoms with van der Waals surface area (Å²) < 4.78 is 9.59. The third-order valence-electron chi connectivity index (χ3n) is 5.25. The van der Waals surface area contributed by atoms with E-state index in [1.807, 2.05) is 67.2 Å². The quantitative estimate of drug-likeness (QED) is 0.440. The summed E-state index contributed by atoms with van der Waals surface area (Å²) in [6, 6.07) is 21.8. The average Bonchev–Trinajstić information content (AvgIpc) is 3.48. The summed E-state index contributed by atoms with van der Waals surface area (Å²) in [4.78, 5) is 4.87. The van der Waals surface area contributed by atoms with Gasteiger partial charge in [-0.2, -0.15) is 10.4 Å². The van der Waals surface area contributed by atoms with E-state index in [1.54, 1.807) is 6.26 Å². The summed E-state index contributed by atoms with van der Waals surface area (Å²) in [6.07, 6.45) is 2.37. The monoisotopic (exact) mass is 393 g/mol. The fourth-order valence-corrected chi connectivity index (χ4v) is 3.70. The number of nitriles is 1. The third-order valence-corrected chi connectivity index (χ3v) is 5.25. The van der Waals surface area contributed by atoms with Crippen LogP contribution in [0.5, 0.6) is 0 Å². The lowest BCUT2D eigenvalue weighted by atomic mass is 10.1. The molecule has 2 aromatic carbocycles. The Balaban J connectivity index is 1.54. The minimum Gasteiger partial charge on any atom is -0.463 e. The lowest BCUT2D eigenvalue weighted by molar-refractivity contribution is 0.577. The van der Waals surface area contributed by atoms with Gasteiger partial charge in [0.2, 0.25) is 0 Å². The second kappa shape index (κ2) is 7.05. The number of furan rings is 1. The summed E-state index contributed by atoms with van der Waals surface area (Å²) in [5.41, 5.74) is 6.52. The van der Waals surface area contributed by atoms with Crippen molar-refractivity contribution >= 4 is 11.0 Å². The van der Waals surface area contributed by atoms with Gasteiger partial charge in [0.25, 0.3) is 0 Å². The van der Waals surface area contributed by atoms with Crippen molar-refractivity contribution < 1.29 is 4.42 Å². The molecule has 0 unspecified atom stereocenters. The zero-order valence-electron chi connectivity index (χ0n) is 16.7. The topological polar surface area (TPSA) is 72.6 Å². The molecule has 6 heteroatoms. The van der Waals surface area contributed by atoms with Crippen molar-refractivity contribution in [3.8, 4) is 23.2 Å². The van der Waals surface area contributed by atoms with Crippen LogP contribution in [0.15, 0.2) is 71.3 Å². The minimum atomic E-state index is 0.662. The Morgan fingerprint density at radius 1 is 1.07 bits per heavy atom. The Morgan fingerprint density at radius 3 is 2.63 bits per heavy atom. The van der Waals surface area contributed by atoms with Crippen LogP contribution in [0.2, 0.25) is 0 Å². The van der Waals surface area contributed by atoms with Crippen molar-refractivity contribution in [2.24, 2.45) is 7.05 Å². The van der Waals surface area contributed by atoms with Crippen LogP contribution in [0, 0.1) is 18.3 Å². The zero-order valence-corrected chi connectivity index (χ0v) is 16.7. The van der Waals surface area contributed by atoms with Crippen molar-refractivity contribution in [1.82, 2.24) is 19.3 Å². The van der Waals surface area contributed by atoms with Gasteiger partial charge in [-0.1, -0.05) is 12.1 Å². The second-order valence-electron chi connectivity index (χ2n) is 7.31. The predicted octanol–water partition coefficient (Wildman–Crippen LogP) is 4.79. The van der Waals surface area contributed by atoms with Gasteiger partial charge in [-0.3, -0.25) is 0 Å². The Labute approximate surface area is 173 Å². The maximum absolute atomic E-state index is 8.98. The molecule has 3 aromatic heterocycles. The molecule has 0 saturated heterocycles. The van der Waals surface area contributed by atoms with Gasteiger partial charge in [-0.05, 0) is 61.0 Å². The number of imidazole rings is 1. The summed E-state index contributed by atoms with van der Waals surface area (Å²) in [7, 11) is 2.03. The van der Waals surface area contributed by atoms with Crippen molar-refractivity contribution in [3.05, 3.63) is 89.6 Å². The van der Waals surface area contributed by atoms with Gasteiger partial charge in [-0.15, -0.1) is 0 Å². The van der Waals surface area contributed by atoms with Crippen LogP contribution in [0.25, 0.3) is 28.2 Å². The van der Waals surface area contributed by atoms with Gasteiger partial charge in [-0.25, -0.2) is 9.67 Å². The molecule has 0 aliphatic heterocycles. The Kier molecular flexibility index (Phi) is 4.22. The highest BCUT2D eigenvalue weighted by Gasteiger charge is 2.15. The zero-order chi connectivity index (χ0) is 20.7. The van der Waals surface area contributed by atoms with E-state index in [0.29, 0.717) is 12.0 Å². The van der Waals surface area contributed by atoms with E-state index < -0.39 is 0 Å². The largest absolute Gasteiger partial charge is 0.463 e. The van der Waals surface area contributed by atoms with E-state index in [-0.39, 0.29) is 0 Å². The number of aromatic nitrogens is 4. The molecule has 0 bridgehead atoms. The minimum absolute atomic E-state index is 0.662. The molecule has 0 atom stereocenters. The normalized spacial score (nSPS) is 11.1. The number of aryl methyl sites for hydroxylation is 2. The van der Waals surface area contributed by atoms with Crippen molar-refractivity contribution in [1.29, 1.82) is 5.26 Å². The number of hydrogen-bond donors (Lipinski definition) is 0. The van der Waals surface area contributed by atoms with Gasteiger partial charge in [0.05, 0.1) is 40.3 Å². The molecule has 30 heavy (non-hydrogen) atoms. The van der Waals surface area contributed by atoms with Crippen molar-refractivity contribution in [3.63, 3.8) is 0 Å². The molecule has 0 fully saturated rings. The number of benzene rings is 2. The molecule has 0 radical (unpaired) electrons. The Hall–Kier alpha value is -4.11. The first kappa shape index (κ1) is 18.0. The number of fused-ring (bicyclic) bond motifs is 1. The molecule has 0 N–H and O–H groups in total. The van der Waals surface area contributed by atoms with E-state index >= 15 is 0 Å². The third kappa shape index (κ3) is 3.07. The van der Waals surface area contributed by atoms with Crippen LogP contribution >= 0.6 is 0 Å². The van der Waals surface area contributed by atoms with Crippen LogP contribution in [0.3, 0.4) is 0 Å². The predicted molar refractivity (Wildman–Crippen MR) is 114 cm³/mol. The van der Waals surface area contributed by atoms with E-state index in [4.69, 9.17) is 14.7 Å². The number of hydrogen-bond acceptors (Lipinski definition) is 4. The van der Waals surface area contributed by atoms with Gasteiger partial charge in [0, 0.05) is 13.5 Å². The Bertz CT molecular complexity index is 1380. The summed E-state index contributed by atoms with van der Waals surface area (Å²) in [6.45, 7) is 1.97. The lowest BCUT2D eigenvalue weighted by Gasteiger charge is -2.06. The van der Waals surface area contributed by atoms with E-state index in [1.165, 1.54) is 0 Å². The van der Waals surface area contributed by atoms with Gasteiger partial charge in [0.1, 0.15) is 11.5 Å². The molecule has 3 heterocycles. The van der Waals surface area contributed by atoms with E-state index in [9.17, 15) is 0 Å². The Morgan fingerprint density at radius 2 is 1.90 bits per heavy atom. The highest BCUT2D eigenvalue weighted by molar-refractivity contribution is 5.79. The second-order valence-corrected chi connectivity index (χ2v) is 7.31. The van der Waals surface area contributed by atoms with Crippen LogP contribution < -0.4 is 0 Å². The number of nitrogens with zero attached hydrogens (tertiary/aromatic N) is 5. The molecule has 0 aliphatic rings. The first-order chi connectivity index (χ1) is 14.6. The van der Waals surface area contributed by atoms with Crippen molar-refractivity contribution in [2.45, 2.75) is 13.3 Å². The molecular weight excluding hydrogens is 374 g/mol. The molecule has 0 spiro atoms. The molecule has 0 saturated carbocycles. The summed E-state index contributed by atoms with van der Waals surface area (Å²) in [5.74, 6) is 1.74. The first-order valence-electron chi connectivity index (χ1n) is 9.68. The van der Waals surface area contributed by atoms with Crippen LogP contribution in [-0.2, 0) is 13.5 Å². The SMILES string of the molecule is Cc1cc(-c2ccco2)n(-c2ccc3c(c2)nc(Cc2ccc(C#N)cc2)n3C)n1. The highest BCUT2D eigenvalue weighted by Crippen LogP contribution is 2.27. The fourth-order valence-electron chi connectivity index (χ4n) is 3.70. The standard InChI is InChI=1S/C24H19N5O/c1-16-12-22(23-4-3-11-30-23)29(27-16)19-9-10-21-20(14-19)26-24(28(21)2)13-17-5-7-18(15-25)8-6-17/h3-12,14H,13H2,1-2H3. The molecule has 5 rings (SSSR count). The molecule has 5 aromatic rings.